The van der Waals surface area contributed by atoms with Gasteiger partial charge in [0.1, 0.15) is 0 Å². The quantitative estimate of drug-likeness (QED) is 0.544. The van der Waals surface area contributed by atoms with Gasteiger partial charge in [-0.1, -0.05) is 13.8 Å². The van der Waals surface area contributed by atoms with Gasteiger partial charge in [-0.2, -0.15) is 0 Å². The van der Waals surface area contributed by atoms with Crippen LogP contribution in [0.3, 0.4) is 0 Å². The molecule has 2 nitrogen and oxygen atoms in total. The van der Waals surface area contributed by atoms with Gasteiger partial charge in [-0.25, -0.2) is 0 Å². The monoisotopic (exact) mass is 144 g/mol. The second-order valence-corrected chi connectivity index (χ2v) is 2.53. The highest BCUT2D eigenvalue weighted by molar-refractivity contribution is 4.71. The molecule has 2 heteroatoms. The lowest BCUT2D eigenvalue weighted by molar-refractivity contribution is 0.215. The zero-order chi connectivity index (χ0) is 7.98. The predicted molar refractivity (Wildman–Crippen MR) is 46.3 cm³/mol. The van der Waals surface area contributed by atoms with Crippen LogP contribution >= 0.6 is 0 Å². The number of rotatable bonds is 0. The Bertz CT molecular complexity index is 63.7. The van der Waals surface area contributed by atoms with E-state index in [-0.39, 0.29) is 0 Å². The maximum Gasteiger partial charge on any atom is 0.0189 e. The molecule has 0 aromatic rings. The van der Waals surface area contributed by atoms with Gasteiger partial charge in [-0.05, 0) is 14.0 Å². The lowest BCUT2D eigenvalue weighted by atomic mass is 10.2. The van der Waals surface area contributed by atoms with Crippen LogP contribution < -0.4 is 5.32 Å². The number of hydrogen-bond acceptors (Lipinski definition) is 2. The van der Waals surface area contributed by atoms with Gasteiger partial charge < -0.3 is 10.2 Å². The predicted octanol–water partition coefficient (Wildman–Crippen LogP) is 0.936. The van der Waals surface area contributed by atoms with Gasteiger partial charge in [0.15, 0.2) is 0 Å². The fourth-order valence-corrected chi connectivity index (χ4v) is 0.943. The molecule has 0 saturated carbocycles. The summed E-state index contributed by atoms with van der Waals surface area (Å²) in [6, 6.07) is 0.726. The summed E-state index contributed by atoms with van der Waals surface area (Å²) in [7, 11) is 2.17. The van der Waals surface area contributed by atoms with Crippen LogP contribution in [0.25, 0.3) is 0 Å². The fourth-order valence-electron chi connectivity index (χ4n) is 0.943. The Labute approximate surface area is 64.6 Å². The first-order valence-corrected chi connectivity index (χ1v) is 4.21. The van der Waals surface area contributed by atoms with Crippen molar-refractivity contribution < 1.29 is 0 Å². The van der Waals surface area contributed by atoms with Crippen molar-refractivity contribution in [2.24, 2.45) is 0 Å². The summed E-state index contributed by atoms with van der Waals surface area (Å²) in [5.41, 5.74) is 0. The molecule has 0 radical (unpaired) electrons. The lowest BCUT2D eigenvalue weighted by Gasteiger charge is -2.29. The summed E-state index contributed by atoms with van der Waals surface area (Å²) in [5, 5.41) is 3.32. The molecule has 10 heavy (non-hydrogen) atoms. The van der Waals surface area contributed by atoms with E-state index in [0.717, 1.165) is 19.1 Å². The molecular weight excluding hydrogens is 124 g/mol. The summed E-state index contributed by atoms with van der Waals surface area (Å²) in [6.07, 6.45) is 0. The maximum absolute atomic E-state index is 3.32. The fraction of sp³-hybridized carbons (Fsp3) is 1.00. The third-order valence-corrected chi connectivity index (χ3v) is 1.83. The first-order valence-electron chi connectivity index (χ1n) is 4.21. The van der Waals surface area contributed by atoms with Crippen molar-refractivity contribution in [2.75, 3.05) is 26.7 Å². The van der Waals surface area contributed by atoms with Crippen molar-refractivity contribution in [1.82, 2.24) is 10.2 Å². The Morgan fingerprint density at radius 1 is 1.40 bits per heavy atom. The molecule has 1 aliphatic heterocycles. The lowest BCUT2D eigenvalue weighted by Crippen LogP contribution is -2.47. The van der Waals surface area contributed by atoms with Gasteiger partial charge in [-0.3, -0.25) is 0 Å². The molecule has 62 valence electrons. The van der Waals surface area contributed by atoms with Crippen molar-refractivity contribution >= 4 is 0 Å². The SMILES string of the molecule is CC.C[C@H]1CNCCN1C. The molecule has 1 fully saturated rings. The largest absolute Gasteiger partial charge is 0.314 e. The molecule has 0 amide bonds. The number of nitrogens with one attached hydrogen (secondary N) is 1. The minimum absolute atomic E-state index is 0.726. The van der Waals surface area contributed by atoms with Crippen molar-refractivity contribution in [3.63, 3.8) is 0 Å². The molecule has 0 aromatic carbocycles. The highest BCUT2D eigenvalue weighted by Crippen LogP contribution is 1.95. The van der Waals surface area contributed by atoms with E-state index in [1.54, 1.807) is 0 Å². The summed E-state index contributed by atoms with van der Waals surface area (Å²) >= 11 is 0. The zero-order valence-electron chi connectivity index (χ0n) is 7.65. The highest BCUT2D eigenvalue weighted by Gasteiger charge is 2.11. The van der Waals surface area contributed by atoms with Gasteiger partial charge >= 0.3 is 0 Å². The third-order valence-electron chi connectivity index (χ3n) is 1.83. The summed E-state index contributed by atoms with van der Waals surface area (Å²) in [4.78, 5) is 2.37. The molecule has 1 N–H and O–H groups in total. The van der Waals surface area contributed by atoms with Gasteiger partial charge in [0.05, 0.1) is 0 Å². The van der Waals surface area contributed by atoms with E-state index in [2.05, 4.69) is 24.2 Å². The molecule has 1 aliphatic rings. The van der Waals surface area contributed by atoms with E-state index in [0.29, 0.717) is 0 Å². The van der Waals surface area contributed by atoms with Crippen LogP contribution in [0.5, 0.6) is 0 Å². The third kappa shape index (κ3) is 3.18. The summed E-state index contributed by atoms with van der Waals surface area (Å²) in [6.45, 7) is 9.74. The Balaban J connectivity index is 0.000000371. The van der Waals surface area contributed by atoms with E-state index in [1.165, 1.54) is 6.54 Å². The second-order valence-electron chi connectivity index (χ2n) is 2.53. The summed E-state index contributed by atoms with van der Waals surface area (Å²) < 4.78 is 0. The van der Waals surface area contributed by atoms with Gasteiger partial charge in [-0.15, -0.1) is 0 Å². The molecule has 0 bridgehead atoms. The topological polar surface area (TPSA) is 15.3 Å². The zero-order valence-corrected chi connectivity index (χ0v) is 7.65. The Morgan fingerprint density at radius 3 is 2.30 bits per heavy atom. The van der Waals surface area contributed by atoms with E-state index >= 15 is 0 Å². The second kappa shape index (κ2) is 5.69. The summed E-state index contributed by atoms with van der Waals surface area (Å²) in [5.74, 6) is 0. The Kier molecular flexibility index (Phi) is 5.64. The average Bonchev–Trinajstić information content (AvgIpc) is 2.00. The number of hydrogen-bond donors (Lipinski definition) is 1. The van der Waals surface area contributed by atoms with Crippen molar-refractivity contribution in [2.45, 2.75) is 26.8 Å². The van der Waals surface area contributed by atoms with E-state index in [4.69, 9.17) is 0 Å². The first kappa shape index (κ1) is 9.92. The number of likely N-dealkylation sites (N-methyl/N-ethyl adjacent to an activating group) is 1. The van der Waals surface area contributed by atoms with Crippen LogP contribution in [0.2, 0.25) is 0 Å². The van der Waals surface area contributed by atoms with Gasteiger partial charge in [0.25, 0.3) is 0 Å². The smallest absolute Gasteiger partial charge is 0.0189 e. The highest BCUT2D eigenvalue weighted by atomic mass is 15.2. The van der Waals surface area contributed by atoms with E-state index < -0.39 is 0 Å². The molecule has 0 unspecified atom stereocenters. The van der Waals surface area contributed by atoms with E-state index in [9.17, 15) is 0 Å². The van der Waals surface area contributed by atoms with Crippen LogP contribution in [0.4, 0.5) is 0 Å². The average molecular weight is 144 g/mol. The molecule has 0 aliphatic carbocycles. The van der Waals surface area contributed by atoms with Crippen LogP contribution in [0, 0.1) is 0 Å². The van der Waals surface area contributed by atoms with Gasteiger partial charge in [0, 0.05) is 25.7 Å². The molecular formula is C8H20N2. The molecule has 1 atom stereocenters. The van der Waals surface area contributed by atoms with Crippen LogP contribution in [0.15, 0.2) is 0 Å². The van der Waals surface area contributed by atoms with Crippen molar-refractivity contribution in [3.05, 3.63) is 0 Å². The number of nitrogens with zero attached hydrogens (tertiary/aromatic N) is 1. The van der Waals surface area contributed by atoms with Crippen LogP contribution in [-0.4, -0.2) is 37.6 Å². The Hall–Kier alpha value is -0.0800. The molecule has 0 aromatic heterocycles. The minimum atomic E-state index is 0.726. The van der Waals surface area contributed by atoms with Gasteiger partial charge in [0.2, 0.25) is 0 Å². The first-order chi connectivity index (χ1) is 4.80. The molecule has 1 saturated heterocycles. The van der Waals surface area contributed by atoms with Crippen molar-refractivity contribution in [3.8, 4) is 0 Å². The minimum Gasteiger partial charge on any atom is -0.314 e. The Morgan fingerprint density at radius 2 is 2.00 bits per heavy atom. The molecule has 1 heterocycles. The maximum atomic E-state index is 3.32. The van der Waals surface area contributed by atoms with Crippen molar-refractivity contribution in [1.29, 1.82) is 0 Å². The van der Waals surface area contributed by atoms with Crippen LogP contribution in [-0.2, 0) is 0 Å². The van der Waals surface area contributed by atoms with Crippen LogP contribution in [0.1, 0.15) is 20.8 Å². The molecule has 1 rings (SSSR count). The normalized spacial score (nSPS) is 27.0. The molecule has 0 spiro atoms. The number of piperazine rings is 1. The standard InChI is InChI=1S/C6H14N2.C2H6/c1-6-5-7-3-4-8(6)2;1-2/h6-7H,3-5H2,1-2H3;1-2H3/t6-;/m0./s1. The van der Waals surface area contributed by atoms with E-state index in [1.807, 2.05) is 13.8 Å².